The third-order valence-corrected chi connectivity index (χ3v) is 3.43. The highest BCUT2D eigenvalue weighted by Crippen LogP contribution is 2.27. The summed E-state index contributed by atoms with van der Waals surface area (Å²) in [4.78, 5) is 15.0. The predicted molar refractivity (Wildman–Crippen MR) is 70.5 cm³/mol. The van der Waals surface area contributed by atoms with Crippen LogP contribution in [0.1, 0.15) is 24.3 Å². The van der Waals surface area contributed by atoms with Gasteiger partial charge in [-0.15, -0.1) is 0 Å². The quantitative estimate of drug-likeness (QED) is 0.807. The van der Waals surface area contributed by atoms with E-state index in [4.69, 9.17) is 0 Å². The van der Waals surface area contributed by atoms with Crippen molar-refractivity contribution in [3.8, 4) is 0 Å². The SMILES string of the molecule is c1cnc(N2CCCC(c3ccncc3)C2)nc1. The Hall–Kier alpha value is -1.97. The van der Waals surface area contributed by atoms with Crippen LogP contribution in [0.5, 0.6) is 0 Å². The molecule has 18 heavy (non-hydrogen) atoms. The summed E-state index contributed by atoms with van der Waals surface area (Å²) in [6.45, 7) is 2.04. The van der Waals surface area contributed by atoms with Gasteiger partial charge in [0.1, 0.15) is 0 Å². The maximum atomic E-state index is 4.33. The maximum absolute atomic E-state index is 4.33. The molecule has 1 aliphatic heterocycles. The molecule has 0 amide bonds. The molecule has 0 N–H and O–H groups in total. The van der Waals surface area contributed by atoms with Gasteiger partial charge in [-0.05, 0) is 36.6 Å². The molecule has 1 unspecified atom stereocenters. The summed E-state index contributed by atoms with van der Waals surface area (Å²) in [6.07, 6.45) is 9.76. The molecule has 0 spiro atoms. The first kappa shape index (κ1) is 11.1. The van der Waals surface area contributed by atoms with E-state index in [1.54, 1.807) is 12.4 Å². The average molecular weight is 240 g/mol. The van der Waals surface area contributed by atoms with E-state index in [-0.39, 0.29) is 0 Å². The van der Waals surface area contributed by atoms with E-state index in [1.807, 2.05) is 18.5 Å². The van der Waals surface area contributed by atoms with Crippen LogP contribution in [0.15, 0.2) is 43.0 Å². The van der Waals surface area contributed by atoms with Crippen molar-refractivity contribution >= 4 is 5.95 Å². The summed E-state index contributed by atoms with van der Waals surface area (Å²) in [7, 11) is 0. The van der Waals surface area contributed by atoms with E-state index < -0.39 is 0 Å². The summed E-state index contributed by atoms with van der Waals surface area (Å²) >= 11 is 0. The van der Waals surface area contributed by atoms with Crippen LogP contribution in [0.2, 0.25) is 0 Å². The van der Waals surface area contributed by atoms with Crippen LogP contribution in [-0.2, 0) is 0 Å². The number of hydrogen-bond donors (Lipinski definition) is 0. The van der Waals surface area contributed by atoms with Crippen molar-refractivity contribution in [1.82, 2.24) is 15.0 Å². The fourth-order valence-corrected chi connectivity index (χ4v) is 2.52. The Kier molecular flexibility index (Phi) is 3.17. The van der Waals surface area contributed by atoms with Gasteiger partial charge in [0.15, 0.2) is 0 Å². The highest BCUT2D eigenvalue weighted by Gasteiger charge is 2.22. The van der Waals surface area contributed by atoms with E-state index in [9.17, 15) is 0 Å². The van der Waals surface area contributed by atoms with Crippen molar-refractivity contribution < 1.29 is 0 Å². The molecule has 1 atom stereocenters. The molecule has 0 saturated carbocycles. The molecule has 0 aromatic carbocycles. The zero-order valence-corrected chi connectivity index (χ0v) is 10.2. The minimum Gasteiger partial charge on any atom is -0.340 e. The van der Waals surface area contributed by atoms with E-state index in [0.717, 1.165) is 19.0 Å². The molecule has 3 rings (SSSR count). The van der Waals surface area contributed by atoms with Gasteiger partial charge < -0.3 is 4.90 Å². The lowest BCUT2D eigenvalue weighted by Gasteiger charge is -2.32. The van der Waals surface area contributed by atoms with Crippen molar-refractivity contribution in [2.75, 3.05) is 18.0 Å². The predicted octanol–water partition coefficient (Wildman–Crippen LogP) is 2.26. The zero-order valence-electron chi connectivity index (χ0n) is 10.2. The fourth-order valence-electron chi connectivity index (χ4n) is 2.52. The highest BCUT2D eigenvalue weighted by atomic mass is 15.2. The lowest BCUT2D eigenvalue weighted by atomic mass is 9.91. The first-order valence-electron chi connectivity index (χ1n) is 6.35. The van der Waals surface area contributed by atoms with Crippen LogP contribution in [0.4, 0.5) is 5.95 Å². The largest absolute Gasteiger partial charge is 0.340 e. The molecule has 1 saturated heterocycles. The van der Waals surface area contributed by atoms with Crippen molar-refractivity contribution in [3.63, 3.8) is 0 Å². The lowest BCUT2D eigenvalue weighted by Crippen LogP contribution is -2.35. The summed E-state index contributed by atoms with van der Waals surface area (Å²) in [5.74, 6) is 1.40. The number of hydrogen-bond acceptors (Lipinski definition) is 4. The third kappa shape index (κ3) is 2.32. The van der Waals surface area contributed by atoms with E-state index in [0.29, 0.717) is 5.92 Å². The second-order valence-electron chi connectivity index (χ2n) is 4.61. The average Bonchev–Trinajstić information content (AvgIpc) is 2.49. The normalized spacial score (nSPS) is 19.8. The molecule has 1 aliphatic rings. The van der Waals surface area contributed by atoms with Crippen molar-refractivity contribution in [3.05, 3.63) is 48.5 Å². The first-order chi connectivity index (χ1) is 8.93. The van der Waals surface area contributed by atoms with Gasteiger partial charge in [-0.25, -0.2) is 9.97 Å². The van der Waals surface area contributed by atoms with Crippen LogP contribution >= 0.6 is 0 Å². The second kappa shape index (κ2) is 5.12. The van der Waals surface area contributed by atoms with Gasteiger partial charge in [0.25, 0.3) is 0 Å². The van der Waals surface area contributed by atoms with E-state index in [2.05, 4.69) is 32.0 Å². The van der Waals surface area contributed by atoms with Crippen molar-refractivity contribution in [2.24, 2.45) is 0 Å². The summed E-state index contributed by atoms with van der Waals surface area (Å²) in [5, 5.41) is 0. The van der Waals surface area contributed by atoms with Gasteiger partial charge >= 0.3 is 0 Å². The van der Waals surface area contributed by atoms with Crippen molar-refractivity contribution in [2.45, 2.75) is 18.8 Å². The summed E-state index contributed by atoms with van der Waals surface area (Å²) in [5.41, 5.74) is 1.37. The second-order valence-corrected chi connectivity index (χ2v) is 4.61. The Labute approximate surface area is 107 Å². The van der Waals surface area contributed by atoms with Crippen LogP contribution in [-0.4, -0.2) is 28.0 Å². The molecule has 1 fully saturated rings. The fraction of sp³-hybridized carbons (Fsp3) is 0.357. The topological polar surface area (TPSA) is 41.9 Å². The number of nitrogens with zero attached hydrogens (tertiary/aromatic N) is 4. The molecule has 4 nitrogen and oxygen atoms in total. The Morgan fingerprint density at radius 1 is 1.06 bits per heavy atom. The molecular formula is C14H16N4. The summed E-state index contributed by atoms with van der Waals surface area (Å²) in [6, 6.07) is 6.08. The third-order valence-electron chi connectivity index (χ3n) is 3.43. The van der Waals surface area contributed by atoms with Gasteiger partial charge in [-0.2, -0.15) is 0 Å². The minimum atomic E-state index is 0.561. The number of anilines is 1. The smallest absolute Gasteiger partial charge is 0.225 e. The lowest BCUT2D eigenvalue weighted by molar-refractivity contribution is 0.503. The molecular weight excluding hydrogens is 224 g/mol. The van der Waals surface area contributed by atoms with Gasteiger partial charge in [0, 0.05) is 43.8 Å². The monoisotopic (exact) mass is 240 g/mol. The highest BCUT2D eigenvalue weighted by molar-refractivity contribution is 5.32. The maximum Gasteiger partial charge on any atom is 0.225 e. The van der Waals surface area contributed by atoms with E-state index in [1.165, 1.54) is 18.4 Å². The Bertz CT molecular complexity index is 440. The van der Waals surface area contributed by atoms with Crippen LogP contribution in [0.3, 0.4) is 0 Å². The first-order valence-corrected chi connectivity index (χ1v) is 6.35. The minimum absolute atomic E-state index is 0.561. The Morgan fingerprint density at radius 2 is 1.83 bits per heavy atom. The molecule has 0 aliphatic carbocycles. The Balaban J connectivity index is 1.77. The molecule has 0 radical (unpaired) electrons. The zero-order chi connectivity index (χ0) is 12.2. The molecule has 4 heteroatoms. The molecule has 92 valence electrons. The van der Waals surface area contributed by atoms with Gasteiger partial charge in [-0.3, -0.25) is 4.98 Å². The molecule has 2 aromatic rings. The number of rotatable bonds is 2. The van der Waals surface area contributed by atoms with Crippen LogP contribution < -0.4 is 4.90 Å². The standard InChI is InChI=1S/C14H16N4/c1-3-13(12-4-8-15-9-5-12)11-18(10-1)14-16-6-2-7-17-14/h2,4-9,13H,1,3,10-11H2. The number of piperidine rings is 1. The Morgan fingerprint density at radius 3 is 2.61 bits per heavy atom. The van der Waals surface area contributed by atoms with Crippen LogP contribution in [0.25, 0.3) is 0 Å². The molecule has 0 bridgehead atoms. The van der Waals surface area contributed by atoms with Gasteiger partial charge in [-0.1, -0.05) is 0 Å². The van der Waals surface area contributed by atoms with Gasteiger partial charge in [0.05, 0.1) is 0 Å². The number of pyridine rings is 1. The van der Waals surface area contributed by atoms with Gasteiger partial charge in [0.2, 0.25) is 5.95 Å². The molecule has 3 heterocycles. The summed E-state index contributed by atoms with van der Waals surface area (Å²) < 4.78 is 0. The van der Waals surface area contributed by atoms with Crippen molar-refractivity contribution in [1.29, 1.82) is 0 Å². The number of aromatic nitrogens is 3. The molecule has 2 aromatic heterocycles. The van der Waals surface area contributed by atoms with Crippen LogP contribution in [0, 0.1) is 0 Å². The van der Waals surface area contributed by atoms with E-state index >= 15 is 0 Å².